The highest BCUT2D eigenvalue weighted by Gasteiger charge is 3.02. The van der Waals surface area contributed by atoms with Crippen LogP contribution in [0.25, 0.3) is 0 Å². The van der Waals surface area contributed by atoms with E-state index in [0.717, 1.165) is 44.9 Å². The molecule has 1 aliphatic rings. The molecule has 1 fully saturated rings. The van der Waals surface area contributed by atoms with Gasteiger partial charge in [0.25, 0.3) is 0 Å². The second-order valence-corrected chi connectivity index (χ2v) is 7.85. The molecule has 12 heteroatoms. The van der Waals surface area contributed by atoms with Gasteiger partial charge in [0.2, 0.25) is 0 Å². The van der Waals surface area contributed by atoms with E-state index < -0.39 is 42.1 Å². The predicted molar refractivity (Wildman–Crippen MR) is 91.0 cm³/mol. The van der Waals surface area contributed by atoms with E-state index in [-0.39, 0.29) is 12.8 Å². The van der Waals surface area contributed by atoms with Crippen LogP contribution in [-0.2, 0) is 4.74 Å². The highest BCUT2D eigenvalue weighted by molar-refractivity contribution is 5.23. The minimum Gasteiger partial charge on any atom is -0.336 e. The molecular weight excluding hydrogens is 453 g/mol. The monoisotopic (exact) mass is 480 g/mol. The maximum absolute atomic E-state index is 14.3. The molecule has 0 aromatic rings. The molecule has 1 rings (SSSR count). The van der Waals surface area contributed by atoms with Gasteiger partial charge in [0.15, 0.2) is 0 Å². The first-order chi connectivity index (χ1) is 14.1. The minimum absolute atomic E-state index is 0.131. The lowest BCUT2D eigenvalue weighted by molar-refractivity contribution is -0.524. The number of hydrogen-bond donors (Lipinski definition) is 0. The van der Waals surface area contributed by atoms with Crippen molar-refractivity contribution in [2.45, 2.75) is 113 Å². The lowest BCUT2D eigenvalue weighted by atomic mass is 9.78. The first-order valence-corrected chi connectivity index (χ1v) is 10.3. The fourth-order valence-electron chi connectivity index (χ4n) is 3.35. The van der Waals surface area contributed by atoms with Crippen LogP contribution < -0.4 is 0 Å². The summed E-state index contributed by atoms with van der Waals surface area (Å²) >= 11 is 0. The van der Waals surface area contributed by atoms with Gasteiger partial charge in [-0.25, -0.2) is 0 Å². The van der Waals surface area contributed by atoms with Crippen LogP contribution in [0.5, 0.6) is 0 Å². The molecule has 1 aliphatic carbocycles. The third kappa shape index (κ3) is 4.64. The van der Waals surface area contributed by atoms with E-state index in [1.807, 2.05) is 0 Å². The second-order valence-electron chi connectivity index (χ2n) is 7.85. The molecular formula is C19H27F11O. The molecule has 0 saturated heterocycles. The van der Waals surface area contributed by atoms with Crippen molar-refractivity contribution in [2.75, 3.05) is 6.61 Å². The van der Waals surface area contributed by atoms with Crippen molar-refractivity contribution in [2.24, 2.45) is 0 Å². The molecule has 0 N–H and O–H groups in total. The van der Waals surface area contributed by atoms with Gasteiger partial charge in [-0.3, -0.25) is 0 Å². The predicted octanol–water partition coefficient (Wildman–Crippen LogP) is 8.17. The zero-order chi connectivity index (χ0) is 24.2. The molecule has 0 heterocycles. The van der Waals surface area contributed by atoms with Crippen molar-refractivity contribution in [1.29, 1.82) is 0 Å². The van der Waals surface area contributed by atoms with Gasteiger partial charge in [-0.1, -0.05) is 71.1 Å². The summed E-state index contributed by atoms with van der Waals surface area (Å²) in [6.45, 7) is 0.730. The van der Waals surface area contributed by atoms with Crippen molar-refractivity contribution in [3.8, 4) is 0 Å². The van der Waals surface area contributed by atoms with Gasteiger partial charge < -0.3 is 4.74 Å². The number of unbranched alkanes of at least 4 members (excludes halogenated alkanes) is 10. The Morgan fingerprint density at radius 3 is 1.06 bits per heavy atom. The summed E-state index contributed by atoms with van der Waals surface area (Å²) in [7, 11) is 0. The Bertz CT molecular complexity index is 533. The van der Waals surface area contributed by atoms with Crippen LogP contribution >= 0.6 is 0 Å². The third-order valence-corrected chi connectivity index (χ3v) is 5.43. The highest BCUT2D eigenvalue weighted by Crippen LogP contribution is 2.69. The quantitative estimate of drug-likeness (QED) is 0.191. The summed E-state index contributed by atoms with van der Waals surface area (Å²) in [5.74, 6) is -41.6. The van der Waals surface area contributed by atoms with Crippen LogP contribution in [0.4, 0.5) is 48.3 Å². The van der Waals surface area contributed by atoms with Crippen LogP contribution in [0, 0.1) is 0 Å². The van der Waals surface area contributed by atoms with Crippen molar-refractivity contribution in [3.05, 3.63) is 0 Å². The summed E-state index contributed by atoms with van der Waals surface area (Å²) in [6, 6.07) is 0. The average Bonchev–Trinajstić information content (AvgIpc) is 2.66. The average molecular weight is 480 g/mol. The molecule has 0 spiro atoms. The summed E-state index contributed by atoms with van der Waals surface area (Å²) in [5, 5.41) is 0. The van der Waals surface area contributed by atoms with E-state index in [9.17, 15) is 48.3 Å². The first kappa shape index (κ1) is 28.2. The van der Waals surface area contributed by atoms with Crippen LogP contribution in [0.15, 0.2) is 0 Å². The molecule has 0 radical (unpaired) electrons. The molecule has 0 bridgehead atoms. The zero-order valence-electron chi connectivity index (χ0n) is 17.1. The molecule has 31 heavy (non-hydrogen) atoms. The van der Waals surface area contributed by atoms with Gasteiger partial charge in [0.05, 0.1) is 6.61 Å². The number of rotatable bonds is 13. The molecule has 0 unspecified atom stereocenters. The number of alkyl halides is 11. The Hall–Kier alpha value is -0.810. The van der Waals surface area contributed by atoms with Crippen molar-refractivity contribution in [3.63, 3.8) is 0 Å². The fourth-order valence-corrected chi connectivity index (χ4v) is 3.35. The largest absolute Gasteiger partial charge is 0.384 e. The van der Waals surface area contributed by atoms with Gasteiger partial charge in [-0.05, 0) is 6.42 Å². The second kappa shape index (κ2) is 9.99. The van der Waals surface area contributed by atoms with Gasteiger partial charge in [-0.15, -0.1) is 0 Å². The van der Waals surface area contributed by atoms with E-state index in [2.05, 4.69) is 11.7 Å². The first-order valence-electron chi connectivity index (χ1n) is 10.3. The highest BCUT2D eigenvalue weighted by atomic mass is 19.4. The van der Waals surface area contributed by atoms with Gasteiger partial charge >= 0.3 is 35.5 Å². The molecule has 186 valence electrons. The van der Waals surface area contributed by atoms with E-state index in [1.54, 1.807) is 0 Å². The number of hydrogen-bond acceptors (Lipinski definition) is 1. The van der Waals surface area contributed by atoms with Crippen LogP contribution in [0.2, 0.25) is 0 Å². The molecule has 0 atom stereocenters. The van der Waals surface area contributed by atoms with Crippen LogP contribution in [0.3, 0.4) is 0 Å². The molecule has 0 amide bonds. The summed E-state index contributed by atoms with van der Waals surface area (Å²) in [6.07, 6.45) is 8.10. The lowest BCUT2D eigenvalue weighted by Crippen LogP contribution is -2.84. The third-order valence-electron chi connectivity index (χ3n) is 5.43. The summed E-state index contributed by atoms with van der Waals surface area (Å²) < 4.78 is 152. The van der Waals surface area contributed by atoms with Gasteiger partial charge in [0.1, 0.15) is 0 Å². The fraction of sp³-hybridized carbons (Fsp3) is 1.00. The van der Waals surface area contributed by atoms with Crippen molar-refractivity contribution < 1.29 is 53.0 Å². The van der Waals surface area contributed by atoms with E-state index >= 15 is 0 Å². The summed E-state index contributed by atoms with van der Waals surface area (Å²) in [5.41, 5.74) is 0. The number of halogens is 11. The maximum atomic E-state index is 14.3. The SMILES string of the molecule is CCCCCCCCCCCCCOC1(F)C(F)(F)C(F)(F)C(F)(F)C(F)(F)C1(F)F. The van der Waals surface area contributed by atoms with Crippen molar-refractivity contribution in [1.82, 2.24) is 0 Å². The summed E-state index contributed by atoms with van der Waals surface area (Å²) in [4.78, 5) is 0. The Morgan fingerprint density at radius 1 is 0.419 bits per heavy atom. The molecule has 0 aromatic heterocycles. The molecule has 0 aliphatic heterocycles. The minimum atomic E-state index is -7.21. The lowest BCUT2D eigenvalue weighted by Gasteiger charge is -2.51. The normalized spacial score (nSPS) is 24.8. The van der Waals surface area contributed by atoms with Crippen LogP contribution in [-0.4, -0.2) is 42.1 Å². The van der Waals surface area contributed by atoms with E-state index in [1.165, 1.54) is 0 Å². The molecule has 1 saturated carbocycles. The van der Waals surface area contributed by atoms with Gasteiger partial charge in [-0.2, -0.15) is 48.3 Å². The Kier molecular flexibility index (Phi) is 9.09. The van der Waals surface area contributed by atoms with E-state index in [0.29, 0.717) is 12.8 Å². The van der Waals surface area contributed by atoms with Gasteiger partial charge in [0, 0.05) is 0 Å². The Balaban J connectivity index is 2.60. The maximum Gasteiger partial charge on any atom is 0.384 e. The standard InChI is InChI=1S/C19H27F11O/c1-2-3-4-5-6-7-8-9-10-11-12-13-31-19(30)17(26,27)15(22,23)14(20,21)16(24,25)18(19,28)29/h2-13H2,1H3. The molecule has 1 nitrogen and oxygen atoms in total. The smallest absolute Gasteiger partial charge is 0.336 e. The Morgan fingerprint density at radius 2 is 0.710 bits per heavy atom. The van der Waals surface area contributed by atoms with E-state index in [4.69, 9.17) is 0 Å². The zero-order valence-corrected chi connectivity index (χ0v) is 17.1. The molecule has 0 aromatic carbocycles. The Labute approximate surface area is 173 Å². The topological polar surface area (TPSA) is 9.23 Å². The number of ether oxygens (including phenoxy) is 1. The van der Waals surface area contributed by atoms with Crippen molar-refractivity contribution >= 4 is 0 Å². The van der Waals surface area contributed by atoms with Crippen LogP contribution in [0.1, 0.15) is 77.6 Å².